The molecule has 196 valence electrons. The van der Waals surface area contributed by atoms with Gasteiger partial charge in [-0.1, -0.05) is 29.8 Å². The minimum absolute atomic E-state index is 0.0373. The molecule has 2 heterocycles. The Hall–Kier alpha value is -2.46. The molecule has 0 aromatic heterocycles. The summed E-state index contributed by atoms with van der Waals surface area (Å²) in [5, 5.41) is 0. The number of aryl methyl sites for hydroxylation is 2. The largest absolute Gasteiger partial charge is 0.486 e. The van der Waals surface area contributed by atoms with Crippen LogP contribution in [-0.2, 0) is 25.2 Å². The number of methoxy groups -OCH3 is 1. The van der Waals surface area contributed by atoms with Crippen molar-refractivity contribution in [3.05, 3.63) is 64.7 Å². The molecule has 0 bridgehead atoms. The summed E-state index contributed by atoms with van der Waals surface area (Å²) in [4.78, 5) is 15.0. The Bertz CT molecular complexity index is 1180. The van der Waals surface area contributed by atoms with E-state index in [-0.39, 0.29) is 29.9 Å². The first kappa shape index (κ1) is 26.6. The topological polar surface area (TPSA) is 85.4 Å². The minimum Gasteiger partial charge on any atom is -0.486 e. The zero-order valence-corrected chi connectivity index (χ0v) is 22.3. The first-order valence-electron chi connectivity index (χ1n) is 12.4. The smallest absolute Gasteiger partial charge is 0.254 e. The predicted molar refractivity (Wildman–Crippen MR) is 138 cm³/mol. The fraction of sp³-hybridized carbons (Fsp3) is 0.519. The number of carbonyl (C=O) groups excluding carboxylic acids is 1. The molecule has 2 saturated heterocycles. The molecule has 2 unspecified atom stereocenters. The normalized spacial score (nSPS) is 21.2. The zero-order chi connectivity index (χ0) is 25.9. The van der Waals surface area contributed by atoms with E-state index in [9.17, 15) is 13.2 Å². The van der Waals surface area contributed by atoms with Gasteiger partial charge in [0, 0.05) is 39.0 Å². The number of carbonyl (C=O) groups is 1. The average Bonchev–Trinajstić information content (AvgIpc) is 3.27. The second kappa shape index (κ2) is 11.3. The summed E-state index contributed by atoms with van der Waals surface area (Å²) in [5.41, 5.74) is 3.31. The van der Waals surface area contributed by atoms with Crippen LogP contribution >= 0.6 is 0 Å². The van der Waals surface area contributed by atoms with Gasteiger partial charge in [-0.2, -0.15) is 0 Å². The second-order valence-corrected chi connectivity index (χ2v) is 11.8. The molecule has 2 aliphatic heterocycles. The van der Waals surface area contributed by atoms with Crippen molar-refractivity contribution in [2.24, 2.45) is 0 Å². The van der Waals surface area contributed by atoms with E-state index in [1.807, 2.05) is 32.0 Å². The molecule has 36 heavy (non-hydrogen) atoms. The standard InChI is InChI=1S/C27H36N2O6S/c1-19-8-9-20(2)24(14-19)27(30)29-16-25(33-4)26(17-29)35-23-7-5-6-21(15-23)18-36(31,32)28(3)22-10-12-34-13-11-22/h5-9,14-15,22,25-26H,10-13,16-18H2,1-4H3. The minimum atomic E-state index is -3.49. The molecule has 9 heteroatoms. The molecule has 0 N–H and O–H groups in total. The van der Waals surface area contributed by atoms with Crippen LogP contribution in [0, 0.1) is 13.8 Å². The van der Waals surface area contributed by atoms with Crippen molar-refractivity contribution in [2.45, 2.75) is 50.7 Å². The number of benzene rings is 2. The van der Waals surface area contributed by atoms with Gasteiger partial charge in [-0.15, -0.1) is 0 Å². The summed E-state index contributed by atoms with van der Waals surface area (Å²) in [7, 11) is -0.225. The maximum Gasteiger partial charge on any atom is 0.254 e. The summed E-state index contributed by atoms with van der Waals surface area (Å²) in [5.74, 6) is 0.415. The third-order valence-electron chi connectivity index (χ3n) is 7.11. The number of amides is 1. The molecule has 2 aromatic rings. The molecular weight excluding hydrogens is 480 g/mol. The van der Waals surface area contributed by atoms with Crippen molar-refractivity contribution >= 4 is 15.9 Å². The lowest BCUT2D eigenvalue weighted by molar-refractivity contribution is 0.0339. The Morgan fingerprint density at radius 2 is 1.81 bits per heavy atom. The molecule has 1 amide bonds. The monoisotopic (exact) mass is 516 g/mol. The van der Waals surface area contributed by atoms with Crippen LogP contribution in [0.1, 0.15) is 39.9 Å². The quantitative estimate of drug-likeness (QED) is 0.536. The number of likely N-dealkylation sites (tertiary alicyclic amines) is 1. The molecule has 2 fully saturated rings. The average molecular weight is 517 g/mol. The van der Waals surface area contributed by atoms with Gasteiger partial charge in [0.25, 0.3) is 5.91 Å². The molecule has 0 spiro atoms. The van der Waals surface area contributed by atoms with Crippen LogP contribution in [0.4, 0.5) is 0 Å². The van der Waals surface area contributed by atoms with Crippen molar-refractivity contribution in [2.75, 3.05) is 40.5 Å². The summed E-state index contributed by atoms with van der Waals surface area (Å²) < 4.78 is 44.8. The number of sulfonamides is 1. The number of hydrogen-bond donors (Lipinski definition) is 0. The van der Waals surface area contributed by atoms with E-state index in [2.05, 4.69) is 0 Å². The predicted octanol–water partition coefficient (Wildman–Crippen LogP) is 3.16. The molecule has 0 saturated carbocycles. The highest BCUT2D eigenvalue weighted by Gasteiger charge is 2.38. The van der Waals surface area contributed by atoms with Crippen molar-refractivity contribution in [3.8, 4) is 5.75 Å². The maximum absolute atomic E-state index is 13.2. The number of hydrogen-bond acceptors (Lipinski definition) is 6. The lowest BCUT2D eigenvalue weighted by atomic mass is 10.0. The Balaban J connectivity index is 1.43. The third kappa shape index (κ3) is 6.08. The van der Waals surface area contributed by atoms with Gasteiger partial charge in [0.1, 0.15) is 18.0 Å². The molecule has 0 radical (unpaired) electrons. The van der Waals surface area contributed by atoms with Gasteiger partial charge in [0.2, 0.25) is 10.0 Å². The number of nitrogens with zero attached hydrogens (tertiary/aromatic N) is 2. The van der Waals surface area contributed by atoms with Crippen LogP contribution < -0.4 is 4.74 Å². The van der Waals surface area contributed by atoms with Crippen LogP contribution in [0.2, 0.25) is 0 Å². The lowest BCUT2D eigenvalue weighted by Crippen LogP contribution is -2.41. The van der Waals surface area contributed by atoms with Gasteiger partial charge >= 0.3 is 0 Å². The molecule has 2 atom stereocenters. The number of ether oxygens (including phenoxy) is 3. The van der Waals surface area contributed by atoms with Gasteiger partial charge in [-0.3, -0.25) is 4.79 Å². The fourth-order valence-corrected chi connectivity index (χ4v) is 6.33. The van der Waals surface area contributed by atoms with Crippen LogP contribution in [0.15, 0.2) is 42.5 Å². The van der Waals surface area contributed by atoms with E-state index < -0.39 is 10.0 Å². The summed E-state index contributed by atoms with van der Waals surface area (Å²) >= 11 is 0. The van der Waals surface area contributed by atoms with Crippen molar-refractivity contribution in [1.82, 2.24) is 9.21 Å². The molecule has 4 rings (SSSR count). The Morgan fingerprint density at radius 1 is 1.08 bits per heavy atom. The van der Waals surface area contributed by atoms with E-state index in [0.717, 1.165) is 11.1 Å². The summed E-state index contributed by atoms with van der Waals surface area (Å²) in [6.07, 6.45) is 0.763. The van der Waals surface area contributed by atoms with Gasteiger partial charge < -0.3 is 19.1 Å². The van der Waals surface area contributed by atoms with Crippen molar-refractivity contribution in [3.63, 3.8) is 0 Å². The van der Waals surface area contributed by atoms with Gasteiger partial charge in [0.15, 0.2) is 0 Å². The summed E-state index contributed by atoms with van der Waals surface area (Å²) in [6, 6.07) is 13.0. The van der Waals surface area contributed by atoms with E-state index in [4.69, 9.17) is 14.2 Å². The van der Waals surface area contributed by atoms with E-state index >= 15 is 0 Å². The molecule has 2 aliphatic rings. The Morgan fingerprint density at radius 3 is 2.53 bits per heavy atom. The molecule has 8 nitrogen and oxygen atoms in total. The number of rotatable bonds is 8. The van der Waals surface area contributed by atoms with Crippen molar-refractivity contribution < 1.29 is 27.4 Å². The SMILES string of the molecule is COC1CN(C(=O)c2cc(C)ccc2C)CC1Oc1cccc(CS(=O)(=O)N(C)C2CCOCC2)c1. The van der Waals surface area contributed by atoms with E-state index in [0.29, 0.717) is 56.0 Å². The first-order chi connectivity index (χ1) is 17.2. The highest BCUT2D eigenvalue weighted by atomic mass is 32.2. The lowest BCUT2D eigenvalue weighted by Gasteiger charge is -2.30. The highest BCUT2D eigenvalue weighted by molar-refractivity contribution is 7.88. The zero-order valence-electron chi connectivity index (χ0n) is 21.5. The molecule has 2 aromatic carbocycles. The maximum atomic E-state index is 13.2. The van der Waals surface area contributed by atoms with Crippen molar-refractivity contribution in [1.29, 1.82) is 0 Å². The van der Waals surface area contributed by atoms with Gasteiger partial charge in [-0.25, -0.2) is 12.7 Å². The van der Waals surface area contributed by atoms with Gasteiger partial charge in [0.05, 0.1) is 18.8 Å². The second-order valence-electron chi connectivity index (χ2n) is 9.72. The van der Waals surface area contributed by atoms with Crippen LogP contribution in [-0.4, -0.2) is 82.2 Å². The Labute approximate surface area is 214 Å². The van der Waals surface area contributed by atoms with E-state index in [1.54, 1.807) is 43.3 Å². The fourth-order valence-electron chi connectivity index (χ4n) is 4.86. The van der Waals surface area contributed by atoms with E-state index in [1.165, 1.54) is 4.31 Å². The Kier molecular flexibility index (Phi) is 8.34. The van der Waals surface area contributed by atoms with Crippen LogP contribution in [0.25, 0.3) is 0 Å². The molecular formula is C27H36N2O6S. The molecule has 0 aliphatic carbocycles. The third-order valence-corrected chi connectivity index (χ3v) is 8.98. The van der Waals surface area contributed by atoms with Gasteiger partial charge in [-0.05, 0) is 56.0 Å². The van der Waals surface area contributed by atoms with Crippen LogP contribution in [0.3, 0.4) is 0 Å². The summed E-state index contributed by atoms with van der Waals surface area (Å²) in [6.45, 7) is 5.89. The first-order valence-corrected chi connectivity index (χ1v) is 14.0. The van der Waals surface area contributed by atoms with Crippen LogP contribution in [0.5, 0.6) is 5.75 Å². The highest BCUT2D eigenvalue weighted by Crippen LogP contribution is 2.25.